The minimum atomic E-state index is 0.523. The quantitative estimate of drug-likeness (QED) is 0.821. The zero-order valence-corrected chi connectivity index (χ0v) is 13.5. The minimum absolute atomic E-state index is 0.523. The van der Waals surface area contributed by atoms with Crippen molar-refractivity contribution in [2.24, 2.45) is 5.41 Å². The summed E-state index contributed by atoms with van der Waals surface area (Å²) >= 11 is 0. The molecule has 6 heteroatoms. The number of hydrogen-bond acceptors (Lipinski definition) is 5. The van der Waals surface area contributed by atoms with Crippen LogP contribution < -0.4 is 0 Å². The standard InChI is InChI=1S/C15H28N6/c1-3-4-9-21-14(16-17-18-21)11-20-10-7-15(13-20)6-5-8-19(2)12-15/h3-13H2,1-2H3/t15-/m1/s1. The molecule has 0 aliphatic carbocycles. The van der Waals surface area contributed by atoms with E-state index >= 15 is 0 Å². The Hall–Kier alpha value is -1.01. The molecular formula is C15H28N6. The normalized spacial score (nSPS) is 27.7. The van der Waals surface area contributed by atoms with E-state index < -0.39 is 0 Å². The van der Waals surface area contributed by atoms with Gasteiger partial charge in [0.2, 0.25) is 0 Å². The summed E-state index contributed by atoms with van der Waals surface area (Å²) in [5.74, 6) is 1.03. The van der Waals surface area contributed by atoms with Crippen LogP contribution in [0.15, 0.2) is 0 Å². The van der Waals surface area contributed by atoms with E-state index in [-0.39, 0.29) is 0 Å². The van der Waals surface area contributed by atoms with Gasteiger partial charge in [-0.25, -0.2) is 4.68 Å². The number of piperidine rings is 1. The Morgan fingerprint density at radius 2 is 2.10 bits per heavy atom. The van der Waals surface area contributed by atoms with E-state index in [0.717, 1.165) is 25.3 Å². The molecule has 0 amide bonds. The number of hydrogen-bond donors (Lipinski definition) is 0. The number of aryl methyl sites for hydroxylation is 1. The molecule has 0 saturated carbocycles. The second kappa shape index (κ2) is 6.40. The predicted octanol–water partition coefficient (Wildman–Crippen LogP) is 1.39. The molecule has 0 bridgehead atoms. The molecule has 3 rings (SSSR count). The first-order valence-corrected chi connectivity index (χ1v) is 8.37. The molecule has 0 radical (unpaired) electrons. The Labute approximate surface area is 127 Å². The van der Waals surface area contributed by atoms with Gasteiger partial charge in [0, 0.05) is 19.6 Å². The highest BCUT2D eigenvalue weighted by atomic mass is 15.5. The van der Waals surface area contributed by atoms with Gasteiger partial charge in [0.25, 0.3) is 0 Å². The predicted molar refractivity (Wildman–Crippen MR) is 81.8 cm³/mol. The van der Waals surface area contributed by atoms with Crippen molar-refractivity contribution >= 4 is 0 Å². The highest BCUT2D eigenvalue weighted by Crippen LogP contribution is 2.38. The lowest BCUT2D eigenvalue weighted by Crippen LogP contribution is -2.42. The van der Waals surface area contributed by atoms with E-state index in [1.54, 1.807) is 0 Å². The maximum absolute atomic E-state index is 4.23. The molecule has 0 unspecified atom stereocenters. The molecule has 1 atom stereocenters. The first-order chi connectivity index (χ1) is 10.2. The molecule has 2 saturated heterocycles. The number of likely N-dealkylation sites (tertiary alicyclic amines) is 2. The number of tetrazole rings is 1. The summed E-state index contributed by atoms with van der Waals surface area (Å²) in [4.78, 5) is 5.05. The van der Waals surface area contributed by atoms with Crippen LogP contribution in [-0.4, -0.2) is 63.2 Å². The fourth-order valence-electron chi connectivity index (χ4n) is 3.97. The molecule has 21 heavy (non-hydrogen) atoms. The van der Waals surface area contributed by atoms with Crippen molar-refractivity contribution < 1.29 is 0 Å². The Balaban J connectivity index is 1.58. The molecular weight excluding hydrogens is 264 g/mol. The average Bonchev–Trinajstić information content (AvgIpc) is 3.05. The SMILES string of the molecule is CCCCn1nnnc1CN1CC[C@@]2(CCCN(C)C2)C1. The van der Waals surface area contributed by atoms with Gasteiger partial charge < -0.3 is 4.90 Å². The Morgan fingerprint density at radius 3 is 2.90 bits per heavy atom. The molecule has 118 valence electrons. The van der Waals surface area contributed by atoms with Crippen molar-refractivity contribution in [3.63, 3.8) is 0 Å². The maximum atomic E-state index is 4.23. The summed E-state index contributed by atoms with van der Waals surface area (Å²) in [5, 5.41) is 12.2. The summed E-state index contributed by atoms with van der Waals surface area (Å²) in [5.41, 5.74) is 0.523. The first kappa shape index (κ1) is 14.9. The van der Waals surface area contributed by atoms with E-state index in [0.29, 0.717) is 5.41 Å². The molecule has 3 heterocycles. The summed E-state index contributed by atoms with van der Waals surface area (Å²) in [7, 11) is 2.26. The van der Waals surface area contributed by atoms with Gasteiger partial charge in [-0.15, -0.1) is 5.10 Å². The summed E-state index contributed by atoms with van der Waals surface area (Å²) in [6.07, 6.45) is 6.38. The van der Waals surface area contributed by atoms with Crippen LogP contribution in [-0.2, 0) is 13.1 Å². The van der Waals surface area contributed by atoms with Crippen molar-refractivity contribution in [3.8, 4) is 0 Å². The van der Waals surface area contributed by atoms with Crippen molar-refractivity contribution in [1.82, 2.24) is 30.0 Å². The van der Waals surface area contributed by atoms with Crippen LogP contribution in [0.25, 0.3) is 0 Å². The summed E-state index contributed by atoms with van der Waals surface area (Å²) < 4.78 is 1.99. The number of nitrogens with zero attached hydrogens (tertiary/aromatic N) is 6. The van der Waals surface area contributed by atoms with Gasteiger partial charge in [-0.2, -0.15) is 0 Å². The van der Waals surface area contributed by atoms with Crippen molar-refractivity contribution in [2.75, 3.05) is 33.2 Å². The van der Waals surface area contributed by atoms with Gasteiger partial charge in [0.05, 0.1) is 6.54 Å². The molecule has 1 aromatic heterocycles. The van der Waals surface area contributed by atoms with E-state index in [2.05, 4.69) is 39.3 Å². The second-order valence-electron chi connectivity index (χ2n) is 6.97. The third-order valence-corrected chi connectivity index (χ3v) is 5.06. The van der Waals surface area contributed by atoms with Gasteiger partial charge in [0.1, 0.15) is 0 Å². The molecule has 2 aliphatic heterocycles. The molecule has 1 spiro atoms. The van der Waals surface area contributed by atoms with Crippen LogP contribution in [0, 0.1) is 5.41 Å². The van der Waals surface area contributed by atoms with Crippen LogP contribution in [0.1, 0.15) is 44.9 Å². The lowest BCUT2D eigenvalue weighted by atomic mass is 9.79. The molecule has 0 aromatic carbocycles. The Morgan fingerprint density at radius 1 is 1.19 bits per heavy atom. The van der Waals surface area contributed by atoms with Gasteiger partial charge >= 0.3 is 0 Å². The van der Waals surface area contributed by atoms with Gasteiger partial charge in [-0.1, -0.05) is 13.3 Å². The monoisotopic (exact) mass is 292 g/mol. The largest absolute Gasteiger partial charge is 0.306 e. The molecule has 0 N–H and O–H groups in total. The fourth-order valence-corrected chi connectivity index (χ4v) is 3.97. The van der Waals surface area contributed by atoms with Crippen LogP contribution in [0.2, 0.25) is 0 Å². The lowest BCUT2D eigenvalue weighted by molar-refractivity contribution is 0.111. The van der Waals surface area contributed by atoms with Crippen LogP contribution >= 0.6 is 0 Å². The van der Waals surface area contributed by atoms with E-state index in [1.807, 2.05) is 4.68 Å². The van der Waals surface area contributed by atoms with Gasteiger partial charge in [0.15, 0.2) is 5.82 Å². The molecule has 6 nitrogen and oxygen atoms in total. The summed E-state index contributed by atoms with van der Waals surface area (Å²) in [6, 6.07) is 0. The van der Waals surface area contributed by atoms with Crippen molar-refractivity contribution in [1.29, 1.82) is 0 Å². The smallest absolute Gasteiger partial charge is 0.165 e. The average molecular weight is 292 g/mol. The number of rotatable bonds is 5. The van der Waals surface area contributed by atoms with Crippen molar-refractivity contribution in [2.45, 2.75) is 52.1 Å². The van der Waals surface area contributed by atoms with E-state index in [1.165, 1.54) is 51.9 Å². The summed E-state index contributed by atoms with van der Waals surface area (Å²) in [6.45, 7) is 8.96. The van der Waals surface area contributed by atoms with Gasteiger partial charge in [-0.3, -0.25) is 4.90 Å². The topological polar surface area (TPSA) is 50.1 Å². The highest BCUT2D eigenvalue weighted by molar-refractivity contribution is 4.96. The van der Waals surface area contributed by atoms with Crippen LogP contribution in [0.5, 0.6) is 0 Å². The fraction of sp³-hybridized carbons (Fsp3) is 0.933. The first-order valence-electron chi connectivity index (χ1n) is 8.37. The molecule has 1 aromatic rings. The lowest BCUT2D eigenvalue weighted by Gasteiger charge is -2.38. The third-order valence-electron chi connectivity index (χ3n) is 5.06. The highest BCUT2D eigenvalue weighted by Gasteiger charge is 2.40. The Bertz CT molecular complexity index is 459. The van der Waals surface area contributed by atoms with Crippen LogP contribution in [0.3, 0.4) is 0 Å². The van der Waals surface area contributed by atoms with Crippen molar-refractivity contribution in [3.05, 3.63) is 5.82 Å². The maximum Gasteiger partial charge on any atom is 0.165 e. The Kier molecular flexibility index (Phi) is 4.54. The zero-order valence-electron chi connectivity index (χ0n) is 13.5. The van der Waals surface area contributed by atoms with Gasteiger partial charge in [-0.05, 0) is 61.7 Å². The number of aromatic nitrogens is 4. The van der Waals surface area contributed by atoms with E-state index in [9.17, 15) is 0 Å². The minimum Gasteiger partial charge on any atom is -0.306 e. The third kappa shape index (κ3) is 3.43. The molecule has 2 fully saturated rings. The molecule has 2 aliphatic rings. The zero-order chi connectivity index (χ0) is 14.7. The van der Waals surface area contributed by atoms with E-state index in [4.69, 9.17) is 0 Å². The van der Waals surface area contributed by atoms with Crippen LogP contribution in [0.4, 0.5) is 0 Å². The second-order valence-corrected chi connectivity index (χ2v) is 6.97. The number of unbranched alkanes of at least 4 members (excludes halogenated alkanes) is 1.